The molecule has 2 amide bonds. The molecule has 274 valence electrons. The lowest BCUT2D eigenvalue weighted by Crippen LogP contribution is -2.47. The Hall–Kier alpha value is -5.28. The molecule has 1 atom stereocenters. The number of nitrogens with zero attached hydrogens (tertiary/aromatic N) is 7. The number of fused-ring (bicyclic) bond motifs is 1. The fourth-order valence-corrected chi connectivity index (χ4v) is 7.34. The van der Waals surface area contributed by atoms with Crippen LogP contribution in [0.15, 0.2) is 94.5 Å². The number of hydrogen-bond acceptors (Lipinski definition) is 7. The van der Waals surface area contributed by atoms with Crippen LogP contribution in [-0.2, 0) is 25.8 Å². The van der Waals surface area contributed by atoms with Crippen molar-refractivity contribution in [3.63, 3.8) is 0 Å². The van der Waals surface area contributed by atoms with Gasteiger partial charge in [0.1, 0.15) is 5.69 Å². The van der Waals surface area contributed by atoms with E-state index in [2.05, 4.69) is 48.1 Å². The first-order chi connectivity index (χ1) is 25.4. The molecule has 11 nitrogen and oxygen atoms in total. The van der Waals surface area contributed by atoms with Crippen molar-refractivity contribution in [2.45, 2.75) is 38.8 Å². The van der Waals surface area contributed by atoms with Crippen LogP contribution in [0.2, 0.25) is 0 Å². The Labute approximate surface area is 311 Å². The summed E-state index contributed by atoms with van der Waals surface area (Å²) in [5.41, 5.74) is 1.63. The summed E-state index contributed by atoms with van der Waals surface area (Å²) < 4.78 is 44.0. The third-order valence-corrected chi connectivity index (χ3v) is 10.5. The highest BCUT2D eigenvalue weighted by atomic mass is 79.9. The predicted molar refractivity (Wildman–Crippen MR) is 197 cm³/mol. The van der Waals surface area contributed by atoms with Crippen molar-refractivity contribution in [1.29, 1.82) is 0 Å². The van der Waals surface area contributed by atoms with Crippen molar-refractivity contribution in [1.82, 2.24) is 34.2 Å². The van der Waals surface area contributed by atoms with Crippen molar-refractivity contribution in [3.05, 3.63) is 128 Å². The van der Waals surface area contributed by atoms with Gasteiger partial charge in [-0.15, -0.1) is 0 Å². The summed E-state index contributed by atoms with van der Waals surface area (Å²) in [5.74, 6) is -0.727. The lowest BCUT2D eigenvalue weighted by molar-refractivity contribution is -0.138. The number of alkyl halides is 3. The van der Waals surface area contributed by atoms with E-state index >= 15 is 0 Å². The van der Waals surface area contributed by atoms with Gasteiger partial charge in [-0.25, -0.2) is 14.8 Å². The topological polar surface area (TPSA) is 109 Å². The maximum atomic E-state index is 14.3. The maximum Gasteiger partial charge on any atom is 0.417 e. The molecule has 0 unspecified atom stereocenters. The SMILES string of the molecule is C[C@H]1Cn2c(c(C(=O)NCc3ccccc3-c3ncccn3)n(-c3ccc(N4CCN(C)CC4)cc3)c2=O)CN1C(=O)c1ccc(Br)c(C(F)(F)F)c1. The Morgan fingerprint density at radius 1 is 0.925 bits per heavy atom. The smallest absolute Gasteiger partial charge is 0.369 e. The fraction of sp³-hybridized carbons (Fsp3) is 0.289. The largest absolute Gasteiger partial charge is 0.417 e. The van der Waals surface area contributed by atoms with Crippen LogP contribution in [0.25, 0.3) is 17.1 Å². The van der Waals surface area contributed by atoms with Gasteiger partial charge in [-0.1, -0.05) is 40.2 Å². The molecule has 0 aliphatic carbocycles. The highest BCUT2D eigenvalue weighted by molar-refractivity contribution is 9.10. The summed E-state index contributed by atoms with van der Waals surface area (Å²) in [5, 5.41) is 2.97. The first-order valence-corrected chi connectivity index (χ1v) is 17.9. The Morgan fingerprint density at radius 2 is 1.60 bits per heavy atom. The number of hydrogen-bond donors (Lipinski definition) is 1. The lowest BCUT2D eigenvalue weighted by Gasteiger charge is -2.34. The van der Waals surface area contributed by atoms with Crippen molar-refractivity contribution in [3.8, 4) is 17.1 Å². The van der Waals surface area contributed by atoms with E-state index in [1.807, 2.05) is 36.4 Å². The summed E-state index contributed by atoms with van der Waals surface area (Å²) in [6.45, 7) is 5.19. The molecular formula is C38H36BrF3N8O3. The van der Waals surface area contributed by atoms with Crippen LogP contribution in [0.4, 0.5) is 18.9 Å². The molecule has 4 heterocycles. The minimum absolute atomic E-state index is 0.0312. The number of anilines is 1. The molecule has 0 bridgehead atoms. The number of amides is 2. The summed E-state index contributed by atoms with van der Waals surface area (Å²) in [6, 6.07) is 19.3. The lowest BCUT2D eigenvalue weighted by atomic mass is 10.1. The van der Waals surface area contributed by atoms with Crippen LogP contribution < -0.4 is 15.9 Å². The molecule has 1 N–H and O–H groups in total. The van der Waals surface area contributed by atoms with E-state index in [0.29, 0.717) is 11.5 Å². The summed E-state index contributed by atoms with van der Waals surface area (Å²) in [6.07, 6.45) is -1.42. The predicted octanol–water partition coefficient (Wildman–Crippen LogP) is 5.60. The third kappa shape index (κ3) is 7.22. The number of rotatable bonds is 7. The molecule has 3 aromatic carbocycles. The average molecular weight is 790 g/mol. The van der Waals surface area contributed by atoms with E-state index in [-0.39, 0.29) is 41.1 Å². The molecule has 7 rings (SSSR count). The van der Waals surface area contributed by atoms with Gasteiger partial charge >= 0.3 is 11.9 Å². The molecule has 2 aliphatic heterocycles. The average Bonchev–Trinajstić information content (AvgIpc) is 3.44. The monoisotopic (exact) mass is 788 g/mol. The van der Waals surface area contributed by atoms with E-state index < -0.39 is 35.3 Å². The molecule has 2 aromatic heterocycles. The normalized spacial score (nSPS) is 16.4. The quantitative estimate of drug-likeness (QED) is 0.229. The van der Waals surface area contributed by atoms with Crippen molar-refractivity contribution in [2.75, 3.05) is 38.1 Å². The number of likely N-dealkylation sites (N-methyl/N-ethyl adjacent to an activating group) is 1. The molecule has 5 aromatic rings. The van der Waals surface area contributed by atoms with Crippen molar-refractivity contribution >= 4 is 33.4 Å². The van der Waals surface area contributed by atoms with Gasteiger partial charge in [0, 0.05) is 79.0 Å². The van der Waals surface area contributed by atoms with Gasteiger partial charge < -0.3 is 20.0 Å². The number of carbonyl (C=O) groups excluding carboxylic acids is 2. The van der Waals surface area contributed by atoms with Crippen LogP contribution >= 0.6 is 15.9 Å². The first kappa shape index (κ1) is 36.1. The molecule has 2 aliphatic rings. The highest BCUT2D eigenvalue weighted by Gasteiger charge is 2.37. The van der Waals surface area contributed by atoms with Crippen molar-refractivity contribution < 1.29 is 22.8 Å². The zero-order chi connectivity index (χ0) is 37.4. The van der Waals surface area contributed by atoms with Gasteiger partial charge in [-0.3, -0.25) is 18.7 Å². The third-order valence-electron chi connectivity index (χ3n) is 9.78. The van der Waals surface area contributed by atoms with Gasteiger partial charge in [0.05, 0.1) is 23.5 Å². The molecule has 0 spiro atoms. The van der Waals surface area contributed by atoms with Gasteiger partial charge in [0.25, 0.3) is 11.8 Å². The maximum absolute atomic E-state index is 14.3. The number of aromatic nitrogens is 4. The summed E-state index contributed by atoms with van der Waals surface area (Å²) >= 11 is 2.94. The van der Waals surface area contributed by atoms with E-state index in [4.69, 9.17) is 0 Å². The standard InChI is InChI=1S/C38H36BrF3N8O3/c1-24-22-49-32(23-48(24)36(52)25-8-13-31(39)30(20-25)38(40,41)42)33(35(51)45-21-26-6-3-4-7-29(26)34-43-14-5-15-44-34)50(37(49)53)28-11-9-27(10-12-28)47-18-16-46(2)17-19-47/h3-15,20,24H,16-19,21-23H2,1-2H3,(H,45,51)/t24-/m0/s1. The Balaban J connectivity index is 1.26. The van der Waals surface area contributed by atoms with E-state index in [1.54, 1.807) is 37.5 Å². The zero-order valence-corrected chi connectivity index (χ0v) is 30.6. The minimum atomic E-state index is -4.68. The number of imidazole rings is 1. The molecule has 53 heavy (non-hydrogen) atoms. The molecule has 15 heteroatoms. The van der Waals surface area contributed by atoms with Crippen LogP contribution in [0.1, 0.15) is 44.6 Å². The second kappa shape index (κ2) is 14.6. The summed E-state index contributed by atoms with van der Waals surface area (Å²) in [7, 11) is 2.08. The molecule has 0 saturated carbocycles. The highest BCUT2D eigenvalue weighted by Crippen LogP contribution is 2.36. The van der Waals surface area contributed by atoms with Gasteiger partial charge in [0.15, 0.2) is 5.82 Å². The first-order valence-electron chi connectivity index (χ1n) is 17.1. The number of piperazine rings is 1. The molecule has 1 fully saturated rings. The van der Waals surface area contributed by atoms with Crippen molar-refractivity contribution in [2.24, 2.45) is 0 Å². The Morgan fingerprint density at radius 3 is 2.30 bits per heavy atom. The molecular weight excluding hydrogens is 753 g/mol. The fourth-order valence-electron chi connectivity index (χ4n) is 6.87. The Bertz CT molecular complexity index is 2210. The Kier molecular flexibility index (Phi) is 9.96. The van der Waals surface area contributed by atoms with Crippen LogP contribution in [0, 0.1) is 0 Å². The van der Waals surface area contributed by atoms with Crippen LogP contribution in [0.5, 0.6) is 0 Å². The minimum Gasteiger partial charge on any atom is -0.369 e. The second-order valence-electron chi connectivity index (χ2n) is 13.2. The summed E-state index contributed by atoms with van der Waals surface area (Å²) in [4.78, 5) is 57.1. The van der Waals surface area contributed by atoms with Gasteiger partial charge in [-0.05, 0) is 68.1 Å². The van der Waals surface area contributed by atoms with E-state index in [1.165, 1.54) is 26.2 Å². The van der Waals surface area contributed by atoms with Gasteiger partial charge in [-0.2, -0.15) is 13.2 Å². The number of carbonyl (C=O) groups is 2. The second-order valence-corrected chi connectivity index (χ2v) is 14.1. The number of nitrogens with one attached hydrogen (secondary N) is 1. The zero-order valence-electron chi connectivity index (χ0n) is 29.0. The molecule has 0 radical (unpaired) electrons. The number of halogens is 4. The van der Waals surface area contributed by atoms with Crippen LogP contribution in [0.3, 0.4) is 0 Å². The van der Waals surface area contributed by atoms with E-state index in [0.717, 1.165) is 49.1 Å². The van der Waals surface area contributed by atoms with Gasteiger partial charge in [0.2, 0.25) is 0 Å². The van der Waals surface area contributed by atoms with E-state index in [9.17, 15) is 27.6 Å². The number of benzene rings is 3. The van der Waals surface area contributed by atoms with Crippen LogP contribution in [-0.4, -0.2) is 80.0 Å². The molecule has 1 saturated heterocycles.